The van der Waals surface area contributed by atoms with Crippen LogP contribution >= 0.6 is 11.3 Å². The van der Waals surface area contributed by atoms with Gasteiger partial charge in [0.1, 0.15) is 5.82 Å². The number of nitrogens with zero attached hydrogens (tertiary/aromatic N) is 1. The summed E-state index contributed by atoms with van der Waals surface area (Å²) in [6, 6.07) is 4.28. The van der Waals surface area contributed by atoms with Gasteiger partial charge >= 0.3 is 11.8 Å². The Morgan fingerprint density at radius 1 is 1.29 bits per heavy atom. The molecule has 0 aliphatic rings. The monoisotopic (exact) mass is 307 g/mol. The molecule has 0 saturated heterocycles. The van der Waals surface area contributed by atoms with E-state index < -0.39 is 17.6 Å². The molecule has 1 heterocycles. The number of anilines is 1. The van der Waals surface area contributed by atoms with E-state index >= 15 is 0 Å². The highest BCUT2D eigenvalue weighted by atomic mass is 32.1. The van der Waals surface area contributed by atoms with Gasteiger partial charge in [0.2, 0.25) is 0 Å². The molecule has 2 aromatic rings. The number of aryl methyl sites for hydroxylation is 2. The third kappa shape index (κ3) is 4.09. The first kappa shape index (κ1) is 15.1. The fraction of sp³-hybridized carbons (Fsp3) is 0.214. The lowest BCUT2D eigenvalue weighted by atomic mass is 10.2. The summed E-state index contributed by atoms with van der Waals surface area (Å²) in [5.74, 6) is -2.33. The van der Waals surface area contributed by atoms with Crippen LogP contribution in [0.4, 0.5) is 10.1 Å². The van der Waals surface area contributed by atoms with Crippen LogP contribution in [0.25, 0.3) is 0 Å². The van der Waals surface area contributed by atoms with E-state index in [4.69, 9.17) is 0 Å². The molecule has 0 radical (unpaired) electrons. The minimum absolute atomic E-state index is 0.0142. The minimum Gasteiger partial charge on any atom is -0.342 e. The predicted octanol–water partition coefficient (Wildman–Crippen LogP) is 2.15. The van der Waals surface area contributed by atoms with Crippen LogP contribution in [-0.2, 0) is 16.1 Å². The Kier molecular flexibility index (Phi) is 4.64. The van der Waals surface area contributed by atoms with Crippen molar-refractivity contribution in [1.82, 2.24) is 10.3 Å². The quantitative estimate of drug-likeness (QED) is 0.854. The van der Waals surface area contributed by atoms with Crippen LogP contribution in [0.1, 0.15) is 16.3 Å². The van der Waals surface area contributed by atoms with Crippen LogP contribution in [0.2, 0.25) is 0 Å². The number of thiazole rings is 1. The van der Waals surface area contributed by atoms with Crippen molar-refractivity contribution in [1.29, 1.82) is 0 Å². The SMILES string of the molecule is Cc1ccc(F)c(NC(=O)C(=O)NCc2csc(C)n2)c1. The molecule has 110 valence electrons. The van der Waals surface area contributed by atoms with Crippen molar-refractivity contribution in [3.8, 4) is 0 Å². The summed E-state index contributed by atoms with van der Waals surface area (Å²) < 4.78 is 13.5. The van der Waals surface area contributed by atoms with Crippen LogP contribution in [-0.4, -0.2) is 16.8 Å². The lowest BCUT2D eigenvalue weighted by Crippen LogP contribution is -2.35. The Labute approximate surface area is 125 Å². The number of nitrogens with one attached hydrogen (secondary N) is 2. The topological polar surface area (TPSA) is 71.1 Å². The van der Waals surface area contributed by atoms with Gasteiger partial charge in [0, 0.05) is 5.38 Å². The molecule has 0 aliphatic carbocycles. The first-order chi connectivity index (χ1) is 9.95. The molecule has 5 nitrogen and oxygen atoms in total. The standard InChI is InChI=1S/C14H14FN3O2S/c1-8-3-4-11(15)12(5-8)18-14(20)13(19)16-6-10-7-21-9(2)17-10/h3-5,7H,6H2,1-2H3,(H,16,19)(H,18,20). The van der Waals surface area contributed by atoms with E-state index in [9.17, 15) is 14.0 Å². The third-order valence-electron chi connectivity index (χ3n) is 2.67. The molecule has 2 amide bonds. The molecule has 2 N–H and O–H groups in total. The fourth-order valence-electron chi connectivity index (χ4n) is 1.65. The Morgan fingerprint density at radius 3 is 2.71 bits per heavy atom. The van der Waals surface area contributed by atoms with Gasteiger partial charge in [-0.3, -0.25) is 9.59 Å². The predicted molar refractivity (Wildman–Crippen MR) is 78.5 cm³/mol. The number of aromatic nitrogens is 1. The first-order valence-electron chi connectivity index (χ1n) is 6.22. The van der Waals surface area contributed by atoms with Crippen LogP contribution in [0.5, 0.6) is 0 Å². The first-order valence-corrected chi connectivity index (χ1v) is 7.10. The Balaban J connectivity index is 1.93. The van der Waals surface area contributed by atoms with Gasteiger partial charge in [-0.2, -0.15) is 0 Å². The smallest absolute Gasteiger partial charge is 0.313 e. The highest BCUT2D eigenvalue weighted by Gasteiger charge is 2.15. The summed E-state index contributed by atoms with van der Waals surface area (Å²) >= 11 is 1.46. The average Bonchev–Trinajstić information content (AvgIpc) is 2.86. The molecule has 0 bridgehead atoms. The van der Waals surface area contributed by atoms with E-state index in [2.05, 4.69) is 15.6 Å². The van der Waals surface area contributed by atoms with Crippen LogP contribution in [0.3, 0.4) is 0 Å². The second-order valence-electron chi connectivity index (χ2n) is 4.48. The molecule has 2 rings (SSSR count). The van der Waals surface area contributed by atoms with E-state index in [0.717, 1.165) is 10.6 Å². The number of halogens is 1. The zero-order chi connectivity index (χ0) is 15.4. The van der Waals surface area contributed by atoms with Crippen molar-refractivity contribution in [2.75, 3.05) is 5.32 Å². The second-order valence-corrected chi connectivity index (χ2v) is 5.54. The van der Waals surface area contributed by atoms with Crippen molar-refractivity contribution < 1.29 is 14.0 Å². The van der Waals surface area contributed by atoms with Crippen molar-refractivity contribution >= 4 is 28.8 Å². The van der Waals surface area contributed by atoms with Crippen LogP contribution < -0.4 is 10.6 Å². The maximum absolute atomic E-state index is 13.5. The van der Waals surface area contributed by atoms with E-state index in [0.29, 0.717) is 5.69 Å². The molecular weight excluding hydrogens is 293 g/mol. The molecule has 0 saturated carbocycles. The summed E-state index contributed by atoms with van der Waals surface area (Å²) in [6.45, 7) is 3.77. The molecule has 0 atom stereocenters. The van der Waals surface area contributed by atoms with Gasteiger partial charge < -0.3 is 10.6 Å². The van der Waals surface area contributed by atoms with Gasteiger partial charge in [-0.1, -0.05) is 6.07 Å². The number of carbonyl (C=O) groups excluding carboxylic acids is 2. The number of hydrogen-bond donors (Lipinski definition) is 2. The zero-order valence-electron chi connectivity index (χ0n) is 11.6. The zero-order valence-corrected chi connectivity index (χ0v) is 12.4. The highest BCUT2D eigenvalue weighted by molar-refractivity contribution is 7.09. The number of benzene rings is 1. The van der Waals surface area contributed by atoms with Gasteiger partial charge in [0.05, 0.1) is 22.9 Å². The minimum atomic E-state index is -0.911. The molecule has 1 aromatic carbocycles. The van der Waals surface area contributed by atoms with Crippen molar-refractivity contribution in [2.45, 2.75) is 20.4 Å². The summed E-state index contributed by atoms with van der Waals surface area (Å²) in [5, 5.41) is 7.37. The molecule has 21 heavy (non-hydrogen) atoms. The van der Waals surface area contributed by atoms with Crippen molar-refractivity contribution in [3.05, 3.63) is 45.7 Å². The van der Waals surface area contributed by atoms with E-state index in [-0.39, 0.29) is 12.2 Å². The van der Waals surface area contributed by atoms with Crippen LogP contribution in [0.15, 0.2) is 23.6 Å². The van der Waals surface area contributed by atoms with E-state index in [1.54, 1.807) is 18.4 Å². The maximum atomic E-state index is 13.5. The molecule has 0 fully saturated rings. The van der Waals surface area contributed by atoms with Gasteiger partial charge in [0.25, 0.3) is 0 Å². The van der Waals surface area contributed by atoms with Gasteiger partial charge in [0.15, 0.2) is 0 Å². The number of rotatable bonds is 3. The molecule has 1 aromatic heterocycles. The van der Waals surface area contributed by atoms with Crippen molar-refractivity contribution in [2.24, 2.45) is 0 Å². The molecule has 0 unspecified atom stereocenters. The number of hydrogen-bond acceptors (Lipinski definition) is 4. The molecule has 7 heteroatoms. The summed E-state index contributed by atoms with van der Waals surface area (Å²) in [6.07, 6.45) is 0. The lowest BCUT2D eigenvalue weighted by Gasteiger charge is -2.07. The highest BCUT2D eigenvalue weighted by Crippen LogP contribution is 2.15. The van der Waals surface area contributed by atoms with Crippen LogP contribution in [0, 0.1) is 19.7 Å². The van der Waals surface area contributed by atoms with Gasteiger partial charge in [-0.25, -0.2) is 9.37 Å². The van der Waals surface area contributed by atoms with Gasteiger partial charge in [-0.05, 0) is 31.5 Å². The Hall–Kier alpha value is -2.28. The average molecular weight is 307 g/mol. The second kappa shape index (κ2) is 6.45. The largest absolute Gasteiger partial charge is 0.342 e. The normalized spacial score (nSPS) is 10.2. The maximum Gasteiger partial charge on any atom is 0.313 e. The Bertz CT molecular complexity index is 685. The lowest BCUT2D eigenvalue weighted by molar-refractivity contribution is -0.136. The molecule has 0 aliphatic heterocycles. The summed E-state index contributed by atoms with van der Waals surface area (Å²) in [5.41, 5.74) is 1.45. The Morgan fingerprint density at radius 2 is 2.05 bits per heavy atom. The summed E-state index contributed by atoms with van der Waals surface area (Å²) in [7, 11) is 0. The molecular formula is C14H14FN3O2S. The van der Waals surface area contributed by atoms with E-state index in [1.165, 1.54) is 23.5 Å². The number of amides is 2. The third-order valence-corrected chi connectivity index (χ3v) is 3.50. The van der Waals surface area contributed by atoms with E-state index in [1.807, 2.05) is 6.92 Å². The van der Waals surface area contributed by atoms with Gasteiger partial charge in [-0.15, -0.1) is 11.3 Å². The summed E-state index contributed by atoms with van der Waals surface area (Å²) in [4.78, 5) is 27.5. The van der Waals surface area contributed by atoms with Crippen molar-refractivity contribution in [3.63, 3.8) is 0 Å². The number of carbonyl (C=O) groups is 2. The fourth-order valence-corrected chi connectivity index (χ4v) is 2.27. The molecule has 0 spiro atoms.